The van der Waals surface area contributed by atoms with Crippen molar-refractivity contribution in [1.82, 2.24) is 5.32 Å². The number of carboxylic acids is 1. The Labute approximate surface area is 114 Å². The van der Waals surface area contributed by atoms with Gasteiger partial charge in [-0.2, -0.15) is 0 Å². The van der Waals surface area contributed by atoms with Gasteiger partial charge < -0.3 is 16.2 Å². The van der Waals surface area contributed by atoms with Crippen molar-refractivity contribution in [2.24, 2.45) is 10.3 Å². The number of carboxylic acid groups (broad SMARTS) is 1. The highest BCUT2D eigenvalue weighted by atomic mass is 32.2. The summed E-state index contributed by atoms with van der Waals surface area (Å²) in [6.45, 7) is 1.64. The summed E-state index contributed by atoms with van der Waals surface area (Å²) in [4.78, 5) is 43.5. The van der Waals surface area contributed by atoms with Gasteiger partial charge in [-0.25, -0.2) is 0 Å². The van der Waals surface area contributed by atoms with Crippen LogP contribution in [-0.4, -0.2) is 40.6 Å². The number of hydrogen-bond acceptors (Lipinski definition) is 7. The molecule has 0 rings (SSSR count). The number of nitrogens with two attached hydrogens (primary N) is 1. The summed E-state index contributed by atoms with van der Waals surface area (Å²) in [5, 5.41) is 11.0. The maximum absolute atomic E-state index is 11.5. The monoisotopic (exact) mass is 291 g/mol. The standard InChI is InChI=1S/C10H17N3O5S/c1-2-8(14)7(5-19-13-18)12-9(15)4-3-6(11)10(16)17/h6-7H,2-5,11H2,1H3,(H,12,15)(H,16,17). The molecule has 8 nitrogen and oxygen atoms in total. The predicted molar refractivity (Wildman–Crippen MR) is 70.3 cm³/mol. The van der Waals surface area contributed by atoms with Gasteiger partial charge >= 0.3 is 5.97 Å². The highest BCUT2D eigenvalue weighted by Crippen LogP contribution is 2.06. The van der Waals surface area contributed by atoms with Crippen LogP contribution in [-0.2, 0) is 14.4 Å². The summed E-state index contributed by atoms with van der Waals surface area (Å²) in [5.74, 6) is -1.82. The van der Waals surface area contributed by atoms with Gasteiger partial charge in [-0.05, 0) is 6.42 Å². The minimum atomic E-state index is -1.19. The molecule has 0 aliphatic heterocycles. The average Bonchev–Trinajstić information content (AvgIpc) is 2.39. The molecule has 0 saturated heterocycles. The first-order valence-electron chi connectivity index (χ1n) is 5.67. The lowest BCUT2D eigenvalue weighted by Gasteiger charge is -2.15. The van der Waals surface area contributed by atoms with Crippen molar-refractivity contribution in [1.29, 1.82) is 0 Å². The third-order valence-electron chi connectivity index (χ3n) is 2.37. The molecule has 9 heteroatoms. The van der Waals surface area contributed by atoms with E-state index in [1.807, 2.05) is 0 Å². The van der Waals surface area contributed by atoms with Gasteiger partial charge in [0.05, 0.1) is 6.04 Å². The molecule has 0 bridgehead atoms. The van der Waals surface area contributed by atoms with Crippen molar-refractivity contribution in [3.8, 4) is 0 Å². The number of carbonyl (C=O) groups excluding carboxylic acids is 2. The quantitative estimate of drug-likeness (QED) is 0.382. The van der Waals surface area contributed by atoms with E-state index in [1.54, 1.807) is 6.92 Å². The van der Waals surface area contributed by atoms with Crippen LogP contribution < -0.4 is 11.1 Å². The fraction of sp³-hybridized carbons (Fsp3) is 0.700. The van der Waals surface area contributed by atoms with Crippen LogP contribution >= 0.6 is 11.9 Å². The summed E-state index contributed by atoms with van der Waals surface area (Å²) in [6.07, 6.45) is 0.104. The molecule has 2 atom stereocenters. The molecule has 19 heavy (non-hydrogen) atoms. The molecule has 2 unspecified atom stereocenters. The zero-order valence-corrected chi connectivity index (χ0v) is 11.3. The van der Waals surface area contributed by atoms with Crippen LogP contribution in [0.4, 0.5) is 0 Å². The van der Waals surface area contributed by atoms with Crippen LogP contribution in [0.5, 0.6) is 0 Å². The van der Waals surface area contributed by atoms with Crippen molar-refractivity contribution < 1.29 is 19.5 Å². The maximum Gasteiger partial charge on any atom is 0.320 e. The second-order valence-electron chi connectivity index (χ2n) is 3.79. The third kappa shape index (κ3) is 7.52. The smallest absolute Gasteiger partial charge is 0.320 e. The predicted octanol–water partition coefficient (Wildman–Crippen LogP) is 0.0570. The fourth-order valence-electron chi connectivity index (χ4n) is 1.24. The lowest BCUT2D eigenvalue weighted by atomic mass is 10.1. The lowest BCUT2D eigenvalue weighted by molar-refractivity contribution is -0.138. The molecule has 0 aromatic carbocycles. The number of nitrogens with one attached hydrogen (secondary N) is 1. The van der Waals surface area contributed by atoms with E-state index in [1.165, 1.54) is 0 Å². The molecule has 0 heterocycles. The van der Waals surface area contributed by atoms with E-state index in [-0.39, 0.29) is 30.8 Å². The van der Waals surface area contributed by atoms with Crippen molar-refractivity contribution in [2.45, 2.75) is 38.3 Å². The Morgan fingerprint density at radius 1 is 1.42 bits per heavy atom. The van der Waals surface area contributed by atoms with Crippen LogP contribution in [0.3, 0.4) is 0 Å². The van der Waals surface area contributed by atoms with Crippen LogP contribution in [0.1, 0.15) is 26.2 Å². The molecule has 0 saturated carbocycles. The molecule has 0 radical (unpaired) electrons. The third-order valence-corrected chi connectivity index (χ3v) is 2.95. The number of nitroso groups, excluding NO2 is 1. The number of carbonyl (C=O) groups is 3. The van der Waals surface area contributed by atoms with Gasteiger partial charge in [-0.3, -0.25) is 14.4 Å². The van der Waals surface area contributed by atoms with Crippen LogP contribution in [0, 0.1) is 4.91 Å². The molecule has 4 N–H and O–H groups in total. The summed E-state index contributed by atoms with van der Waals surface area (Å²) >= 11 is 0.646. The van der Waals surface area contributed by atoms with E-state index in [0.717, 1.165) is 0 Å². The number of nitrogens with zero attached hydrogens (tertiary/aromatic N) is 1. The largest absolute Gasteiger partial charge is 0.480 e. The molecule has 0 spiro atoms. The number of rotatable bonds is 10. The van der Waals surface area contributed by atoms with Gasteiger partial charge in [-0.1, -0.05) is 6.92 Å². The van der Waals surface area contributed by atoms with Crippen LogP contribution in [0.2, 0.25) is 0 Å². The van der Waals surface area contributed by atoms with Gasteiger partial charge in [0, 0.05) is 35.1 Å². The maximum atomic E-state index is 11.5. The fourth-order valence-corrected chi connectivity index (χ4v) is 1.72. The minimum absolute atomic E-state index is 0.0206. The zero-order valence-electron chi connectivity index (χ0n) is 10.5. The summed E-state index contributed by atoms with van der Waals surface area (Å²) in [6, 6.07) is -1.90. The Morgan fingerprint density at radius 2 is 2.05 bits per heavy atom. The number of ketones is 1. The Bertz CT molecular complexity index is 350. The van der Waals surface area contributed by atoms with E-state index in [9.17, 15) is 19.3 Å². The molecule has 108 valence electrons. The first-order chi connectivity index (χ1) is 8.92. The molecular weight excluding hydrogens is 274 g/mol. The molecule has 1 amide bonds. The SMILES string of the molecule is CCC(=O)C(CSN=O)NC(=O)CCC(N)C(=O)O. The number of amides is 1. The van der Waals surface area contributed by atoms with Gasteiger partial charge in [-0.15, -0.1) is 4.91 Å². The Hall–Kier alpha value is -1.48. The molecule has 0 aliphatic rings. The van der Waals surface area contributed by atoms with Crippen molar-refractivity contribution in [3.05, 3.63) is 4.91 Å². The van der Waals surface area contributed by atoms with E-state index < -0.39 is 24.0 Å². The van der Waals surface area contributed by atoms with E-state index in [0.29, 0.717) is 11.9 Å². The molecule has 0 aliphatic carbocycles. The second kappa shape index (κ2) is 9.45. The number of hydrogen-bond donors (Lipinski definition) is 3. The summed E-state index contributed by atoms with van der Waals surface area (Å²) < 4.78 is 2.56. The number of Topliss-reactive ketones (excluding diaryl/α,β-unsaturated/α-hetero) is 1. The summed E-state index contributed by atoms with van der Waals surface area (Å²) in [5.41, 5.74) is 5.25. The zero-order chi connectivity index (χ0) is 14.8. The van der Waals surface area contributed by atoms with Crippen molar-refractivity contribution >= 4 is 29.6 Å². The first kappa shape index (κ1) is 17.5. The normalized spacial score (nSPS) is 13.4. The van der Waals surface area contributed by atoms with E-state index in [2.05, 4.69) is 9.90 Å². The lowest BCUT2D eigenvalue weighted by Crippen LogP contribution is -2.43. The van der Waals surface area contributed by atoms with Gasteiger partial charge in [0.15, 0.2) is 5.78 Å². The van der Waals surface area contributed by atoms with Gasteiger partial charge in [0.25, 0.3) is 0 Å². The molecule has 0 aromatic rings. The molecular formula is C10H17N3O5S. The number of aliphatic carboxylic acids is 1. The topological polar surface area (TPSA) is 139 Å². The Balaban J connectivity index is 4.26. The van der Waals surface area contributed by atoms with Gasteiger partial charge in [0.2, 0.25) is 5.91 Å². The molecule has 0 aromatic heterocycles. The Kier molecular flexibility index (Phi) is 8.71. The van der Waals surface area contributed by atoms with Gasteiger partial charge in [0.1, 0.15) is 6.04 Å². The Morgan fingerprint density at radius 3 is 2.53 bits per heavy atom. The van der Waals surface area contributed by atoms with Crippen molar-refractivity contribution in [3.63, 3.8) is 0 Å². The van der Waals surface area contributed by atoms with Crippen LogP contribution in [0.25, 0.3) is 0 Å². The minimum Gasteiger partial charge on any atom is -0.480 e. The average molecular weight is 291 g/mol. The van der Waals surface area contributed by atoms with E-state index >= 15 is 0 Å². The van der Waals surface area contributed by atoms with E-state index in [4.69, 9.17) is 10.8 Å². The summed E-state index contributed by atoms with van der Waals surface area (Å²) in [7, 11) is 0. The second-order valence-corrected chi connectivity index (χ2v) is 4.53. The highest BCUT2D eigenvalue weighted by Gasteiger charge is 2.20. The van der Waals surface area contributed by atoms with Crippen molar-refractivity contribution in [2.75, 3.05) is 5.75 Å². The first-order valence-corrected chi connectivity index (χ1v) is 6.61. The molecule has 0 fully saturated rings. The van der Waals surface area contributed by atoms with Crippen LogP contribution in [0.15, 0.2) is 4.58 Å². The highest BCUT2D eigenvalue weighted by molar-refractivity contribution is 7.97.